The van der Waals surface area contributed by atoms with E-state index in [1.807, 2.05) is 0 Å². The fraction of sp³-hybridized carbons (Fsp3) is 1.00. The normalized spacial score (nSPS) is 27.8. The van der Waals surface area contributed by atoms with Gasteiger partial charge in [0.15, 0.2) is 5.66 Å². The van der Waals surface area contributed by atoms with Crippen LogP contribution in [0.5, 0.6) is 0 Å². The highest BCUT2D eigenvalue weighted by Crippen LogP contribution is 2.30. The SMILES string of the molecule is CN1CCN(CCC2(C)N=N2)CC1. The molecule has 2 heterocycles. The number of hydrogen-bond acceptors (Lipinski definition) is 4. The van der Waals surface area contributed by atoms with Crippen molar-refractivity contribution in [3.8, 4) is 0 Å². The van der Waals surface area contributed by atoms with Gasteiger partial charge in [-0.2, -0.15) is 10.2 Å². The Labute approximate surface area is 79.6 Å². The molecular weight excluding hydrogens is 164 g/mol. The number of rotatable bonds is 3. The molecule has 0 bridgehead atoms. The fourth-order valence-corrected chi connectivity index (χ4v) is 1.63. The molecule has 0 unspecified atom stereocenters. The van der Waals surface area contributed by atoms with Crippen LogP contribution >= 0.6 is 0 Å². The van der Waals surface area contributed by atoms with Crippen LogP contribution in [0.3, 0.4) is 0 Å². The average molecular weight is 182 g/mol. The van der Waals surface area contributed by atoms with E-state index in [1.54, 1.807) is 0 Å². The number of piperazine rings is 1. The van der Waals surface area contributed by atoms with Gasteiger partial charge in [-0.1, -0.05) is 0 Å². The van der Waals surface area contributed by atoms with Crippen molar-refractivity contribution in [2.75, 3.05) is 39.8 Å². The molecule has 2 rings (SSSR count). The zero-order valence-electron chi connectivity index (χ0n) is 8.53. The molecule has 0 amide bonds. The first kappa shape index (κ1) is 9.09. The lowest BCUT2D eigenvalue weighted by atomic mass is 10.1. The lowest BCUT2D eigenvalue weighted by Crippen LogP contribution is -2.45. The predicted molar refractivity (Wildman–Crippen MR) is 51.8 cm³/mol. The van der Waals surface area contributed by atoms with Gasteiger partial charge >= 0.3 is 0 Å². The summed E-state index contributed by atoms with van der Waals surface area (Å²) in [5.74, 6) is 0. The maximum atomic E-state index is 4.02. The van der Waals surface area contributed by atoms with Crippen molar-refractivity contribution in [1.29, 1.82) is 0 Å². The van der Waals surface area contributed by atoms with E-state index in [1.165, 1.54) is 26.2 Å². The zero-order valence-corrected chi connectivity index (χ0v) is 8.53. The van der Waals surface area contributed by atoms with Gasteiger partial charge in [-0.05, 0) is 14.0 Å². The molecule has 0 N–H and O–H groups in total. The molecule has 0 aromatic rings. The molecule has 0 aromatic heterocycles. The minimum atomic E-state index is -0.0106. The van der Waals surface area contributed by atoms with E-state index in [-0.39, 0.29) is 5.66 Å². The number of nitrogens with zero attached hydrogens (tertiary/aromatic N) is 4. The Morgan fingerprint density at radius 2 is 1.77 bits per heavy atom. The molecular formula is C9H18N4. The lowest BCUT2D eigenvalue weighted by molar-refractivity contribution is 0.149. The van der Waals surface area contributed by atoms with Crippen LogP contribution < -0.4 is 0 Å². The van der Waals surface area contributed by atoms with Crippen LogP contribution in [0.1, 0.15) is 13.3 Å². The van der Waals surface area contributed by atoms with Crippen molar-refractivity contribution in [2.24, 2.45) is 10.2 Å². The van der Waals surface area contributed by atoms with E-state index in [0.717, 1.165) is 13.0 Å². The second-order valence-electron chi connectivity index (χ2n) is 4.31. The first-order valence-corrected chi connectivity index (χ1v) is 5.03. The van der Waals surface area contributed by atoms with E-state index in [4.69, 9.17) is 0 Å². The van der Waals surface area contributed by atoms with Gasteiger partial charge in [-0.25, -0.2) is 0 Å². The maximum absolute atomic E-state index is 4.02. The molecule has 0 spiro atoms. The highest BCUT2D eigenvalue weighted by atomic mass is 15.4. The molecule has 4 nitrogen and oxygen atoms in total. The second kappa shape index (κ2) is 3.35. The average Bonchev–Trinajstić information content (AvgIpc) is 2.84. The largest absolute Gasteiger partial charge is 0.304 e. The zero-order chi connectivity index (χ0) is 9.31. The molecule has 4 heteroatoms. The van der Waals surface area contributed by atoms with Crippen LogP contribution in [0.15, 0.2) is 10.2 Å². The molecule has 0 radical (unpaired) electrons. The molecule has 0 aromatic carbocycles. The Morgan fingerprint density at radius 1 is 1.15 bits per heavy atom. The quantitative estimate of drug-likeness (QED) is 0.646. The summed E-state index contributed by atoms with van der Waals surface area (Å²) in [4.78, 5) is 4.89. The van der Waals surface area contributed by atoms with Gasteiger partial charge in [-0.3, -0.25) is 0 Å². The molecule has 0 atom stereocenters. The van der Waals surface area contributed by atoms with Crippen LogP contribution in [0, 0.1) is 0 Å². The molecule has 2 aliphatic heterocycles. The summed E-state index contributed by atoms with van der Waals surface area (Å²) in [6.07, 6.45) is 1.09. The monoisotopic (exact) mass is 182 g/mol. The van der Waals surface area contributed by atoms with Crippen molar-refractivity contribution in [1.82, 2.24) is 9.80 Å². The summed E-state index contributed by atoms with van der Waals surface area (Å²) in [7, 11) is 2.18. The van der Waals surface area contributed by atoms with Crippen molar-refractivity contribution >= 4 is 0 Å². The van der Waals surface area contributed by atoms with Gasteiger partial charge in [0.05, 0.1) is 0 Å². The van der Waals surface area contributed by atoms with E-state index < -0.39 is 0 Å². The highest BCUT2D eigenvalue weighted by Gasteiger charge is 2.33. The van der Waals surface area contributed by atoms with Crippen LogP contribution in [-0.2, 0) is 0 Å². The standard InChI is InChI=1S/C9H18N4/c1-9(10-11-9)3-4-13-7-5-12(2)6-8-13/h3-8H2,1-2H3. The van der Waals surface area contributed by atoms with Crippen molar-refractivity contribution in [3.05, 3.63) is 0 Å². The molecule has 0 aliphatic carbocycles. The summed E-state index contributed by atoms with van der Waals surface area (Å²) in [6, 6.07) is 0. The third-order valence-electron chi connectivity index (χ3n) is 2.94. The second-order valence-corrected chi connectivity index (χ2v) is 4.31. The number of likely N-dealkylation sites (N-methyl/N-ethyl adjacent to an activating group) is 1. The fourth-order valence-electron chi connectivity index (χ4n) is 1.63. The van der Waals surface area contributed by atoms with Gasteiger partial charge in [-0.15, -0.1) is 0 Å². The molecule has 1 fully saturated rings. The van der Waals surface area contributed by atoms with E-state index in [9.17, 15) is 0 Å². The maximum Gasteiger partial charge on any atom is 0.189 e. The van der Waals surface area contributed by atoms with Gasteiger partial charge in [0.2, 0.25) is 0 Å². The van der Waals surface area contributed by atoms with Crippen LogP contribution in [-0.4, -0.2) is 55.2 Å². The molecule has 2 aliphatic rings. The molecule has 1 saturated heterocycles. The third kappa shape index (κ3) is 2.48. The molecule has 74 valence electrons. The Bertz CT molecular complexity index is 200. The number of hydrogen-bond donors (Lipinski definition) is 0. The summed E-state index contributed by atoms with van der Waals surface area (Å²) >= 11 is 0. The van der Waals surface area contributed by atoms with Crippen molar-refractivity contribution in [3.63, 3.8) is 0 Å². The van der Waals surface area contributed by atoms with Crippen LogP contribution in [0.2, 0.25) is 0 Å². The first-order chi connectivity index (χ1) is 6.18. The van der Waals surface area contributed by atoms with Crippen molar-refractivity contribution < 1.29 is 0 Å². The van der Waals surface area contributed by atoms with E-state index >= 15 is 0 Å². The Morgan fingerprint density at radius 3 is 2.31 bits per heavy atom. The smallest absolute Gasteiger partial charge is 0.189 e. The summed E-state index contributed by atoms with van der Waals surface area (Å²) < 4.78 is 0. The Kier molecular flexibility index (Phi) is 2.34. The Balaban J connectivity index is 1.65. The van der Waals surface area contributed by atoms with Gasteiger partial charge in [0, 0.05) is 39.1 Å². The molecule has 13 heavy (non-hydrogen) atoms. The minimum absolute atomic E-state index is 0.0106. The first-order valence-electron chi connectivity index (χ1n) is 5.03. The summed E-state index contributed by atoms with van der Waals surface area (Å²) in [5, 5.41) is 8.04. The minimum Gasteiger partial charge on any atom is -0.304 e. The van der Waals surface area contributed by atoms with Gasteiger partial charge < -0.3 is 9.80 Å². The molecule has 0 saturated carbocycles. The highest BCUT2D eigenvalue weighted by molar-refractivity contribution is 4.89. The lowest BCUT2D eigenvalue weighted by Gasteiger charge is -2.32. The van der Waals surface area contributed by atoms with Crippen LogP contribution in [0.4, 0.5) is 0 Å². The summed E-state index contributed by atoms with van der Waals surface area (Å²) in [6.45, 7) is 8.05. The third-order valence-corrected chi connectivity index (χ3v) is 2.94. The van der Waals surface area contributed by atoms with Crippen LogP contribution in [0.25, 0.3) is 0 Å². The topological polar surface area (TPSA) is 31.2 Å². The predicted octanol–water partition coefficient (Wildman–Crippen LogP) is 0.806. The van der Waals surface area contributed by atoms with E-state index in [2.05, 4.69) is 34.0 Å². The Hall–Kier alpha value is -0.480. The van der Waals surface area contributed by atoms with Crippen molar-refractivity contribution in [2.45, 2.75) is 19.0 Å². The summed E-state index contributed by atoms with van der Waals surface area (Å²) in [5.41, 5.74) is -0.0106. The van der Waals surface area contributed by atoms with Gasteiger partial charge in [0.25, 0.3) is 0 Å². The van der Waals surface area contributed by atoms with E-state index in [0.29, 0.717) is 0 Å². The van der Waals surface area contributed by atoms with Gasteiger partial charge in [0.1, 0.15) is 0 Å².